The van der Waals surface area contributed by atoms with Crippen LogP contribution in [0.15, 0.2) is 12.4 Å². The number of aromatic nitrogens is 2. The quantitative estimate of drug-likeness (QED) is 0.730. The van der Waals surface area contributed by atoms with Crippen molar-refractivity contribution in [1.82, 2.24) is 15.1 Å². The fourth-order valence-corrected chi connectivity index (χ4v) is 1.29. The standard InChI is InChI=1S/C8H11N3O2/c1-2-11-5-6(3-10-11)7-4-9-8(12)13-7/h3,5,7H,2,4H2,1H3,(H,9,12). The molecular formula is C8H11N3O2. The normalized spacial score (nSPS) is 21.3. The second kappa shape index (κ2) is 3.08. The number of amides is 1. The van der Waals surface area contributed by atoms with Crippen LogP contribution in [0.5, 0.6) is 0 Å². The number of nitrogens with one attached hydrogen (secondary N) is 1. The van der Waals surface area contributed by atoms with Crippen molar-refractivity contribution in [1.29, 1.82) is 0 Å². The molecule has 70 valence electrons. The van der Waals surface area contributed by atoms with Crippen molar-refractivity contribution in [2.75, 3.05) is 6.54 Å². The summed E-state index contributed by atoms with van der Waals surface area (Å²) in [6.07, 6.45) is 3.10. The fraction of sp³-hybridized carbons (Fsp3) is 0.500. The topological polar surface area (TPSA) is 56.2 Å². The average molecular weight is 181 g/mol. The molecule has 13 heavy (non-hydrogen) atoms. The molecule has 1 aromatic rings. The molecule has 2 rings (SSSR count). The summed E-state index contributed by atoms with van der Waals surface area (Å²) in [6, 6.07) is 0. The lowest BCUT2D eigenvalue weighted by atomic mass is 10.2. The molecule has 1 fully saturated rings. The van der Waals surface area contributed by atoms with Crippen molar-refractivity contribution in [2.45, 2.75) is 19.6 Å². The van der Waals surface area contributed by atoms with Crippen LogP contribution in [0.3, 0.4) is 0 Å². The molecule has 0 spiro atoms. The van der Waals surface area contributed by atoms with E-state index in [9.17, 15) is 4.79 Å². The van der Waals surface area contributed by atoms with Crippen molar-refractivity contribution in [3.63, 3.8) is 0 Å². The lowest BCUT2D eigenvalue weighted by molar-refractivity contribution is 0.141. The largest absolute Gasteiger partial charge is 0.439 e. The van der Waals surface area contributed by atoms with Gasteiger partial charge in [-0.1, -0.05) is 0 Å². The Hall–Kier alpha value is -1.52. The van der Waals surface area contributed by atoms with Crippen molar-refractivity contribution < 1.29 is 9.53 Å². The van der Waals surface area contributed by atoms with Crippen LogP contribution in [0.2, 0.25) is 0 Å². The van der Waals surface area contributed by atoms with Gasteiger partial charge in [-0.25, -0.2) is 4.79 Å². The number of ether oxygens (including phenoxy) is 1. The number of cyclic esters (lactones) is 1. The third-order valence-electron chi connectivity index (χ3n) is 2.03. The molecule has 0 saturated carbocycles. The maximum atomic E-state index is 10.7. The molecule has 1 saturated heterocycles. The predicted octanol–water partition coefficient (Wildman–Crippen LogP) is 0.684. The molecule has 1 aliphatic rings. The minimum absolute atomic E-state index is 0.173. The molecule has 5 nitrogen and oxygen atoms in total. The Morgan fingerprint density at radius 2 is 2.69 bits per heavy atom. The highest BCUT2D eigenvalue weighted by atomic mass is 16.6. The number of nitrogens with zero attached hydrogens (tertiary/aromatic N) is 2. The van der Waals surface area contributed by atoms with Crippen molar-refractivity contribution in [3.8, 4) is 0 Å². The molecule has 0 aromatic carbocycles. The maximum absolute atomic E-state index is 10.7. The number of carbonyl (C=O) groups excluding carboxylic acids is 1. The second-order valence-corrected chi connectivity index (χ2v) is 2.90. The number of hydrogen-bond acceptors (Lipinski definition) is 3. The molecule has 1 atom stereocenters. The van der Waals surface area contributed by atoms with Crippen molar-refractivity contribution >= 4 is 6.09 Å². The first kappa shape index (κ1) is 8.10. The van der Waals surface area contributed by atoms with E-state index < -0.39 is 0 Å². The van der Waals surface area contributed by atoms with Crippen LogP contribution < -0.4 is 5.32 Å². The zero-order valence-corrected chi connectivity index (χ0v) is 7.36. The van der Waals surface area contributed by atoms with E-state index in [0.717, 1.165) is 12.1 Å². The molecule has 1 aromatic heterocycles. The van der Waals surface area contributed by atoms with E-state index >= 15 is 0 Å². The van der Waals surface area contributed by atoms with E-state index in [1.165, 1.54) is 0 Å². The summed E-state index contributed by atoms with van der Waals surface area (Å²) in [5.74, 6) is 0. The number of carbonyl (C=O) groups is 1. The zero-order valence-electron chi connectivity index (χ0n) is 7.36. The maximum Gasteiger partial charge on any atom is 0.407 e. The van der Waals surface area contributed by atoms with E-state index in [4.69, 9.17) is 4.74 Å². The third-order valence-corrected chi connectivity index (χ3v) is 2.03. The summed E-state index contributed by atoms with van der Waals surface area (Å²) >= 11 is 0. The smallest absolute Gasteiger partial charge is 0.407 e. The minimum Gasteiger partial charge on any atom is -0.439 e. The molecule has 1 unspecified atom stereocenters. The van der Waals surface area contributed by atoms with Gasteiger partial charge in [0, 0.05) is 18.3 Å². The highest BCUT2D eigenvalue weighted by Gasteiger charge is 2.24. The second-order valence-electron chi connectivity index (χ2n) is 2.90. The first-order valence-corrected chi connectivity index (χ1v) is 4.26. The van der Waals surface area contributed by atoms with Gasteiger partial charge in [0.2, 0.25) is 0 Å². The van der Waals surface area contributed by atoms with Crippen LogP contribution in [-0.4, -0.2) is 22.4 Å². The van der Waals surface area contributed by atoms with E-state index in [-0.39, 0.29) is 12.2 Å². The third kappa shape index (κ3) is 1.49. The number of rotatable bonds is 2. The molecule has 1 amide bonds. The SMILES string of the molecule is CCn1cc(C2CNC(=O)O2)cn1. The van der Waals surface area contributed by atoms with Gasteiger partial charge in [0.15, 0.2) is 0 Å². The highest BCUT2D eigenvalue weighted by molar-refractivity contribution is 5.69. The summed E-state index contributed by atoms with van der Waals surface area (Å²) in [4.78, 5) is 10.7. The van der Waals surface area contributed by atoms with Crippen LogP contribution in [0.25, 0.3) is 0 Å². The predicted molar refractivity (Wildman–Crippen MR) is 45.1 cm³/mol. The molecule has 5 heteroatoms. The van der Waals surface area contributed by atoms with Crippen molar-refractivity contribution in [3.05, 3.63) is 18.0 Å². The summed E-state index contributed by atoms with van der Waals surface area (Å²) in [7, 11) is 0. The molecule has 2 heterocycles. The minimum atomic E-state index is -0.353. The summed E-state index contributed by atoms with van der Waals surface area (Å²) in [5.41, 5.74) is 0.945. The van der Waals surface area contributed by atoms with Gasteiger partial charge in [0.1, 0.15) is 6.10 Å². The molecule has 1 N–H and O–H groups in total. The van der Waals surface area contributed by atoms with Gasteiger partial charge < -0.3 is 10.1 Å². The Labute approximate surface area is 75.7 Å². The van der Waals surface area contributed by atoms with Crippen LogP contribution >= 0.6 is 0 Å². The Kier molecular flexibility index (Phi) is 1.92. The first-order chi connectivity index (χ1) is 6.29. The van der Waals surface area contributed by atoms with Gasteiger partial charge in [-0.15, -0.1) is 0 Å². The number of aryl methyl sites for hydroxylation is 1. The highest BCUT2D eigenvalue weighted by Crippen LogP contribution is 2.19. The van der Waals surface area contributed by atoms with Crippen molar-refractivity contribution in [2.24, 2.45) is 0 Å². The van der Waals surface area contributed by atoms with Gasteiger partial charge in [-0.05, 0) is 6.92 Å². The Morgan fingerprint density at radius 1 is 1.85 bits per heavy atom. The molecule has 1 aliphatic heterocycles. The number of alkyl carbamates (subject to hydrolysis) is 1. The summed E-state index contributed by atoms with van der Waals surface area (Å²) < 4.78 is 6.81. The van der Waals surface area contributed by atoms with E-state index in [0.29, 0.717) is 6.54 Å². The van der Waals surface area contributed by atoms with E-state index in [1.807, 2.05) is 17.8 Å². The monoisotopic (exact) mass is 181 g/mol. The lowest BCUT2D eigenvalue weighted by Gasteiger charge is -2.02. The van der Waals surface area contributed by atoms with Gasteiger partial charge in [0.05, 0.1) is 12.7 Å². The number of hydrogen-bond donors (Lipinski definition) is 1. The lowest BCUT2D eigenvalue weighted by Crippen LogP contribution is -2.12. The molecule has 0 bridgehead atoms. The van der Waals surface area contributed by atoms with Crippen LogP contribution in [0.4, 0.5) is 4.79 Å². The van der Waals surface area contributed by atoms with Gasteiger partial charge in [0.25, 0.3) is 0 Å². The van der Waals surface area contributed by atoms with E-state index in [2.05, 4.69) is 10.4 Å². The average Bonchev–Trinajstić information content (AvgIpc) is 2.71. The molecule has 0 aliphatic carbocycles. The van der Waals surface area contributed by atoms with Gasteiger partial charge >= 0.3 is 6.09 Å². The van der Waals surface area contributed by atoms with Crippen LogP contribution in [0, 0.1) is 0 Å². The Balaban J connectivity index is 2.12. The molecular weight excluding hydrogens is 170 g/mol. The Morgan fingerprint density at radius 3 is 3.23 bits per heavy atom. The van der Waals surface area contributed by atoms with Gasteiger partial charge in [-0.3, -0.25) is 4.68 Å². The van der Waals surface area contributed by atoms with Gasteiger partial charge in [-0.2, -0.15) is 5.10 Å². The van der Waals surface area contributed by atoms with Crippen LogP contribution in [-0.2, 0) is 11.3 Å². The zero-order chi connectivity index (χ0) is 9.26. The molecule has 0 radical (unpaired) electrons. The summed E-state index contributed by atoms with van der Waals surface area (Å²) in [5, 5.41) is 6.70. The first-order valence-electron chi connectivity index (χ1n) is 4.26. The Bertz CT molecular complexity index is 321. The van der Waals surface area contributed by atoms with E-state index in [1.54, 1.807) is 6.20 Å². The fourth-order valence-electron chi connectivity index (χ4n) is 1.29. The van der Waals surface area contributed by atoms with Crippen LogP contribution in [0.1, 0.15) is 18.6 Å². The summed E-state index contributed by atoms with van der Waals surface area (Å²) in [6.45, 7) is 3.37.